The second-order valence-corrected chi connectivity index (χ2v) is 6.90. The SMILES string of the molecule is CCOC1(C)CC2(C)OC(C)(CCP2)O1. The van der Waals surface area contributed by atoms with Crippen molar-refractivity contribution in [1.29, 1.82) is 0 Å². The smallest absolute Gasteiger partial charge is 0.172 e. The third kappa shape index (κ3) is 2.36. The van der Waals surface area contributed by atoms with Gasteiger partial charge in [0.15, 0.2) is 11.6 Å². The van der Waals surface area contributed by atoms with Gasteiger partial charge in [-0.3, -0.25) is 0 Å². The number of hydrogen-bond donors (Lipinski definition) is 0. The van der Waals surface area contributed by atoms with Gasteiger partial charge in [-0.15, -0.1) is 0 Å². The van der Waals surface area contributed by atoms with Crippen LogP contribution < -0.4 is 0 Å². The fourth-order valence-corrected chi connectivity index (χ4v) is 4.62. The van der Waals surface area contributed by atoms with Crippen molar-refractivity contribution in [1.82, 2.24) is 0 Å². The Labute approximate surface area is 93.6 Å². The number of fused-ring (bicyclic) bond motifs is 2. The van der Waals surface area contributed by atoms with Crippen molar-refractivity contribution in [3.63, 3.8) is 0 Å². The van der Waals surface area contributed by atoms with Crippen LogP contribution >= 0.6 is 8.58 Å². The molecule has 4 atom stereocenters. The Morgan fingerprint density at radius 3 is 2.60 bits per heavy atom. The first kappa shape index (κ1) is 11.8. The summed E-state index contributed by atoms with van der Waals surface area (Å²) in [4.78, 5) is 0. The maximum absolute atomic E-state index is 6.05. The molecule has 2 aliphatic heterocycles. The first-order chi connectivity index (χ1) is 6.89. The molecule has 2 fully saturated rings. The van der Waals surface area contributed by atoms with Crippen LogP contribution in [0.1, 0.15) is 40.5 Å². The van der Waals surface area contributed by atoms with Crippen molar-refractivity contribution < 1.29 is 14.2 Å². The number of ether oxygens (including phenoxy) is 3. The topological polar surface area (TPSA) is 27.7 Å². The van der Waals surface area contributed by atoms with Crippen molar-refractivity contribution in [3.8, 4) is 0 Å². The number of hydrogen-bond acceptors (Lipinski definition) is 3. The van der Waals surface area contributed by atoms with Gasteiger partial charge in [0.2, 0.25) is 0 Å². The normalized spacial score (nSPS) is 52.0. The molecule has 3 nitrogen and oxygen atoms in total. The van der Waals surface area contributed by atoms with E-state index in [0.717, 1.165) is 21.4 Å². The first-order valence-electron chi connectivity index (χ1n) is 5.68. The fraction of sp³-hybridized carbons (Fsp3) is 1.00. The van der Waals surface area contributed by atoms with Gasteiger partial charge in [-0.1, -0.05) is 8.58 Å². The standard InChI is InChI=1S/C11H21O3P/c1-5-12-10(3)8-11(4)14-9(2,13-10)6-7-15-11/h15H,5-8H2,1-4H3. The van der Waals surface area contributed by atoms with E-state index in [9.17, 15) is 0 Å². The third-order valence-electron chi connectivity index (χ3n) is 3.06. The van der Waals surface area contributed by atoms with Crippen LogP contribution in [0.5, 0.6) is 0 Å². The van der Waals surface area contributed by atoms with E-state index in [-0.39, 0.29) is 5.34 Å². The van der Waals surface area contributed by atoms with E-state index in [0.29, 0.717) is 6.61 Å². The number of rotatable bonds is 2. The molecule has 0 aromatic rings. The van der Waals surface area contributed by atoms with Gasteiger partial charge in [-0.05, 0) is 33.9 Å². The largest absolute Gasteiger partial charge is 0.350 e. The average Bonchev–Trinajstić information content (AvgIpc) is 1.97. The average molecular weight is 232 g/mol. The third-order valence-corrected chi connectivity index (χ3v) is 4.59. The molecule has 0 aromatic heterocycles. The second kappa shape index (κ2) is 3.66. The summed E-state index contributed by atoms with van der Waals surface area (Å²) in [5.74, 6) is -0.911. The van der Waals surface area contributed by atoms with Crippen LogP contribution in [-0.4, -0.2) is 29.7 Å². The van der Waals surface area contributed by atoms with Crippen molar-refractivity contribution in [2.45, 2.75) is 57.5 Å². The summed E-state index contributed by atoms with van der Waals surface area (Å²) in [5, 5.41) is -0.0465. The minimum Gasteiger partial charge on any atom is -0.350 e. The lowest BCUT2D eigenvalue weighted by Gasteiger charge is -2.55. The van der Waals surface area contributed by atoms with Crippen LogP contribution in [0.15, 0.2) is 0 Å². The lowest BCUT2D eigenvalue weighted by atomic mass is 10.0. The van der Waals surface area contributed by atoms with Gasteiger partial charge >= 0.3 is 0 Å². The summed E-state index contributed by atoms with van der Waals surface area (Å²) < 4.78 is 17.8. The van der Waals surface area contributed by atoms with Gasteiger partial charge in [0.1, 0.15) is 0 Å². The first-order valence-corrected chi connectivity index (χ1v) is 6.89. The van der Waals surface area contributed by atoms with E-state index in [2.05, 4.69) is 6.92 Å². The highest BCUT2D eigenvalue weighted by Gasteiger charge is 2.53. The highest BCUT2D eigenvalue weighted by molar-refractivity contribution is 7.39. The van der Waals surface area contributed by atoms with Gasteiger partial charge in [0.05, 0.1) is 5.34 Å². The van der Waals surface area contributed by atoms with Crippen molar-refractivity contribution >= 4 is 8.58 Å². The minimum absolute atomic E-state index is 0.0465. The van der Waals surface area contributed by atoms with Gasteiger partial charge in [-0.25, -0.2) is 0 Å². The minimum atomic E-state index is -0.468. The molecule has 0 aliphatic carbocycles. The van der Waals surface area contributed by atoms with Crippen LogP contribution in [0.25, 0.3) is 0 Å². The predicted octanol–water partition coefficient (Wildman–Crippen LogP) is 2.69. The van der Waals surface area contributed by atoms with E-state index in [1.165, 1.54) is 6.16 Å². The molecule has 4 unspecified atom stereocenters. The van der Waals surface area contributed by atoms with Crippen LogP contribution in [0, 0.1) is 0 Å². The summed E-state index contributed by atoms with van der Waals surface area (Å²) in [5.41, 5.74) is 0. The van der Waals surface area contributed by atoms with Crippen molar-refractivity contribution in [3.05, 3.63) is 0 Å². The Morgan fingerprint density at radius 1 is 1.27 bits per heavy atom. The van der Waals surface area contributed by atoms with Gasteiger partial charge in [0, 0.05) is 19.4 Å². The summed E-state index contributed by atoms with van der Waals surface area (Å²) in [7, 11) is 0.853. The van der Waals surface area contributed by atoms with E-state index in [1.807, 2.05) is 20.8 Å². The zero-order chi connectivity index (χ0) is 11.2. The molecular weight excluding hydrogens is 211 g/mol. The quantitative estimate of drug-likeness (QED) is 0.685. The molecule has 0 spiro atoms. The molecule has 2 aliphatic rings. The van der Waals surface area contributed by atoms with Crippen molar-refractivity contribution in [2.24, 2.45) is 0 Å². The highest BCUT2D eigenvalue weighted by atomic mass is 31.1. The molecule has 0 amide bonds. The molecule has 0 aromatic carbocycles. The van der Waals surface area contributed by atoms with E-state index in [1.54, 1.807) is 0 Å². The molecule has 0 radical (unpaired) electrons. The highest BCUT2D eigenvalue weighted by Crippen LogP contribution is 2.54. The zero-order valence-corrected chi connectivity index (χ0v) is 11.1. The molecule has 2 bridgehead atoms. The summed E-state index contributed by atoms with van der Waals surface area (Å²) in [6.07, 6.45) is 3.01. The van der Waals surface area contributed by atoms with Gasteiger partial charge in [-0.2, -0.15) is 0 Å². The predicted molar refractivity (Wildman–Crippen MR) is 61.4 cm³/mol. The molecule has 15 heavy (non-hydrogen) atoms. The lowest BCUT2D eigenvalue weighted by molar-refractivity contribution is -0.408. The summed E-state index contributed by atoms with van der Waals surface area (Å²) in [6.45, 7) is 8.94. The maximum Gasteiger partial charge on any atom is 0.172 e. The van der Waals surface area contributed by atoms with Crippen LogP contribution in [0.2, 0.25) is 0 Å². The fourth-order valence-electron chi connectivity index (χ4n) is 2.78. The zero-order valence-electron chi connectivity index (χ0n) is 10.1. The lowest BCUT2D eigenvalue weighted by Crippen LogP contribution is -2.59. The van der Waals surface area contributed by atoms with Crippen molar-refractivity contribution in [2.75, 3.05) is 12.8 Å². The Hall–Kier alpha value is 0.310. The van der Waals surface area contributed by atoms with E-state index >= 15 is 0 Å². The van der Waals surface area contributed by atoms with E-state index in [4.69, 9.17) is 14.2 Å². The second-order valence-electron chi connectivity index (χ2n) is 4.99. The molecular formula is C11H21O3P. The Bertz CT molecular complexity index is 240. The molecule has 2 saturated heterocycles. The molecule has 4 heteroatoms. The van der Waals surface area contributed by atoms with Crippen LogP contribution in [0.4, 0.5) is 0 Å². The molecule has 2 heterocycles. The van der Waals surface area contributed by atoms with Gasteiger partial charge in [0.25, 0.3) is 0 Å². The van der Waals surface area contributed by atoms with E-state index < -0.39 is 11.6 Å². The molecule has 88 valence electrons. The van der Waals surface area contributed by atoms with Crippen LogP contribution in [0.3, 0.4) is 0 Å². The molecule has 0 saturated carbocycles. The monoisotopic (exact) mass is 232 g/mol. The van der Waals surface area contributed by atoms with Gasteiger partial charge < -0.3 is 14.2 Å². The maximum atomic E-state index is 6.05. The molecule has 2 rings (SSSR count). The Morgan fingerprint density at radius 2 is 2.00 bits per heavy atom. The Balaban J connectivity index is 2.20. The Kier molecular flexibility index (Phi) is 2.88. The summed E-state index contributed by atoms with van der Waals surface area (Å²) >= 11 is 0. The molecule has 0 N–H and O–H groups in total. The summed E-state index contributed by atoms with van der Waals surface area (Å²) in [6, 6.07) is 0. The van der Waals surface area contributed by atoms with Crippen LogP contribution in [-0.2, 0) is 14.2 Å².